The molecular weight excluding hydrogens is 446 g/mol. The van der Waals surface area contributed by atoms with Crippen LogP contribution in [0, 0.1) is 6.92 Å². The van der Waals surface area contributed by atoms with Crippen molar-refractivity contribution in [1.29, 1.82) is 0 Å². The van der Waals surface area contributed by atoms with Gasteiger partial charge in [0.25, 0.3) is 5.91 Å². The van der Waals surface area contributed by atoms with E-state index in [4.69, 9.17) is 16.3 Å². The summed E-state index contributed by atoms with van der Waals surface area (Å²) in [7, 11) is 0. The Balaban J connectivity index is 0.00000129. The van der Waals surface area contributed by atoms with Gasteiger partial charge in [-0.3, -0.25) is 4.79 Å². The minimum atomic E-state index is -0.167. The number of hydrogen-bond acceptors (Lipinski definition) is 4. The van der Waals surface area contributed by atoms with Crippen LogP contribution in [0.5, 0.6) is 11.5 Å². The minimum Gasteiger partial charge on any atom is -0.457 e. The number of allylic oxidation sites excluding steroid dienone is 3. The summed E-state index contributed by atoms with van der Waals surface area (Å²) in [6.07, 6.45) is 6.47. The lowest BCUT2D eigenvalue weighted by molar-refractivity contribution is 0.0950. The Labute approximate surface area is 207 Å². The highest BCUT2D eigenvalue weighted by molar-refractivity contribution is 6.30. The van der Waals surface area contributed by atoms with E-state index in [1.54, 1.807) is 48.7 Å². The first-order valence-electron chi connectivity index (χ1n) is 11.2. The van der Waals surface area contributed by atoms with E-state index in [0.29, 0.717) is 34.4 Å². The highest BCUT2D eigenvalue weighted by atomic mass is 35.5. The number of benzene rings is 2. The SMILES string of the molecule is C=C/C=C(\C)Nc1cc(Oc2cccc(C(=O)NCc3ccc(Cl)cc3)c2C)ccn1.CCC. The zero-order valence-electron chi connectivity index (χ0n) is 20.2. The Hall–Kier alpha value is -3.57. The first-order chi connectivity index (χ1) is 16.4. The molecule has 0 radical (unpaired) electrons. The van der Waals surface area contributed by atoms with Crippen LogP contribution in [0.1, 0.15) is 48.7 Å². The van der Waals surface area contributed by atoms with E-state index in [2.05, 4.69) is 36.0 Å². The van der Waals surface area contributed by atoms with Crippen molar-refractivity contribution >= 4 is 23.3 Å². The molecule has 1 aromatic heterocycles. The topological polar surface area (TPSA) is 63.2 Å². The van der Waals surface area contributed by atoms with Crippen LogP contribution < -0.4 is 15.4 Å². The molecule has 3 aromatic rings. The zero-order chi connectivity index (χ0) is 24.9. The van der Waals surface area contributed by atoms with Crippen LogP contribution >= 0.6 is 11.6 Å². The van der Waals surface area contributed by atoms with Gasteiger partial charge < -0.3 is 15.4 Å². The lowest BCUT2D eigenvalue weighted by atomic mass is 10.1. The van der Waals surface area contributed by atoms with Crippen molar-refractivity contribution in [2.45, 2.75) is 40.7 Å². The highest BCUT2D eigenvalue weighted by Crippen LogP contribution is 2.28. The quantitative estimate of drug-likeness (QED) is 0.326. The molecule has 34 heavy (non-hydrogen) atoms. The lowest BCUT2D eigenvalue weighted by Crippen LogP contribution is -2.23. The maximum Gasteiger partial charge on any atom is 0.251 e. The molecular formula is C28H32ClN3O2. The number of pyridine rings is 1. The number of aromatic nitrogens is 1. The van der Waals surface area contributed by atoms with Crippen LogP contribution in [0.15, 0.2) is 85.2 Å². The number of carbonyl (C=O) groups excluding carboxylic acids is 1. The minimum absolute atomic E-state index is 0.167. The van der Waals surface area contributed by atoms with Gasteiger partial charge in [-0.2, -0.15) is 0 Å². The smallest absolute Gasteiger partial charge is 0.251 e. The van der Waals surface area contributed by atoms with E-state index in [1.807, 2.05) is 38.1 Å². The van der Waals surface area contributed by atoms with E-state index >= 15 is 0 Å². The monoisotopic (exact) mass is 477 g/mol. The summed E-state index contributed by atoms with van der Waals surface area (Å²) in [4.78, 5) is 17.0. The summed E-state index contributed by atoms with van der Waals surface area (Å²) in [6, 6.07) is 16.4. The van der Waals surface area contributed by atoms with E-state index in [-0.39, 0.29) is 5.91 Å². The van der Waals surface area contributed by atoms with E-state index in [1.165, 1.54) is 6.42 Å². The fourth-order valence-electron chi connectivity index (χ4n) is 2.94. The molecule has 178 valence electrons. The third kappa shape index (κ3) is 8.41. The Morgan fingerprint density at radius 2 is 1.85 bits per heavy atom. The number of hydrogen-bond donors (Lipinski definition) is 2. The third-order valence-electron chi connectivity index (χ3n) is 4.55. The van der Waals surface area contributed by atoms with Crippen LogP contribution in [0.3, 0.4) is 0 Å². The van der Waals surface area contributed by atoms with Gasteiger partial charge in [0.15, 0.2) is 0 Å². The number of carbonyl (C=O) groups is 1. The molecule has 1 heterocycles. The average Bonchev–Trinajstić information content (AvgIpc) is 2.81. The molecule has 2 aromatic carbocycles. The number of halogens is 1. The van der Waals surface area contributed by atoms with Gasteiger partial charge in [-0.1, -0.05) is 62.7 Å². The molecule has 0 fully saturated rings. The lowest BCUT2D eigenvalue weighted by Gasteiger charge is -2.13. The van der Waals surface area contributed by atoms with Crippen LogP contribution in [0.25, 0.3) is 0 Å². The zero-order valence-corrected chi connectivity index (χ0v) is 20.9. The van der Waals surface area contributed by atoms with Crippen LogP contribution in [-0.4, -0.2) is 10.9 Å². The number of ether oxygens (including phenoxy) is 1. The standard InChI is InChI=1S/C25H24ClN3O2.C3H8/c1-4-6-17(2)29-24-15-21(13-14-27-24)31-23-8-5-7-22(18(23)3)25(30)28-16-19-9-11-20(26)12-10-19;1-3-2/h4-15H,1,16H2,2-3H3,(H,27,29)(H,28,30);3H2,1-2H3/b17-6+;. The van der Waals surface area contributed by atoms with Crippen molar-refractivity contribution in [2.24, 2.45) is 0 Å². The Morgan fingerprint density at radius 3 is 2.53 bits per heavy atom. The third-order valence-corrected chi connectivity index (χ3v) is 4.80. The number of rotatable bonds is 8. The molecule has 0 saturated carbocycles. The van der Waals surface area contributed by atoms with Crippen LogP contribution in [0.4, 0.5) is 5.82 Å². The molecule has 0 atom stereocenters. The van der Waals surface area contributed by atoms with Crippen molar-refractivity contribution in [3.8, 4) is 11.5 Å². The molecule has 0 aliphatic rings. The summed E-state index contributed by atoms with van der Waals surface area (Å²) in [5.74, 6) is 1.71. The summed E-state index contributed by atoms with van der Waals surface area (Å²) in [5, 5.41) is 6.78. The summed E-state index contributed by atoms with van der Waals surface area (Å²) in [5.41, 5.74) is 3.20. The predicted octanol–water partition coefficient (Wildman–Crippen LogP) is 7.68. The van der Waals surface area contributed by atoms with Gasteiger partial charge in [0, 0.05) is 40.7 Å². The van der Waals surface area contributed by atoms with Gasteiger partial charge in [0.2, 0.25) is 0 Å². The molecule has 6 heteroatoms. The van der Waals surface area contributed by atoms with E-state index in [0.717, 1.165) is 16.8 Å². The van der Waals surface area contributed by atoms with Crippen molar-refractivity contribution in [1.82, 2.24) is 10.3 Å². The summed E-state index contributed by atoms with van der Waals surface area (Å²) in [6.45, 7) is 12.1. The highest BCUT2D eigenvalue weighted by Gasteiger charge is 2.13. The molecule has 0 bridgehead atoms. The predicted molar refractivity (Wildman–Crippen MR) is 142 cm³/mol. The fraction of sp³-hybridized carbons (Fsp3) is 0.214. The summed E-state index contributed by atoms with van der Waals surface area (Å²) < 4.78 is 6.04. The molecule has 2 N–H and O–H groups in total. The second-order valence-electron chi connectivity index (χ2n) is 7.63. The molecule has 0 unspecified atom stereocenters. The number of nitrogens with zero attached hydrogens (tertiary/aromatic N) is 1. The van der Waals surface area contributed by atoms with Gasteiger partial charge >= 0.3 is 0 Å². The van der Waals surface area contributed by atoms with Gasteiger partial charge in [-0.05, 0) is 55.8 Å². The fourth-order valence-corrected chi connectivity index (χ4v) is 3.07. The van der Waals surface area contributed by atoms with Gasteiger partial charge in [-0.15, -0.1) is 0 Å². The Kier molecular flexibility index (Phi) is 10.9. The number of anilines is 1. The molecule has 0 spiro atoms. The van der Waals surface area contributed by atoms with Gasteiger partial charge in [0.05, 0.1) is 0 Å². The van der Waals surface area contributed by atoms with E-state index < -0.39 is 0 Å². The van der Waals surface area contributed by atoms with Gasteiger partial charge in [0.1, 0.15) is 17.3 Å². The van der Waals surface area contributed by atoms with Crippen molar-refractivity contribution in [3.05, 3.63) is 107 Å². The molecule has 1 amide bonds. The largest absolute Gasteiger partial charge is 0.457 e. The maximum absolute atomic E-state index is 12.7. The van der Waals surface area contributed by atoms with Crippen LogP contribution in [0.2, 0.25) is 5.02 Å². The van der Waals surface area contributed by atoms with Crippen molar-refractivity contribution in [3.63, 3.8) is 0 Å². The van der Waals surface area contributed by atoms with Gasteiger partial charge in [-0.25, -0.2) is 4.98 Å². The Bertz CT molecular complexity index is 1120. The maximum atomic E-state index is 12.7. The second-order valence-corrected chi connectivity index (χ2v) is 8.07. The number of nitrogens with one attached hydrogen (secondary N) is 2. The van der Waals surface area contributed by atoms with Crippen molar-refractivity contribution < 1.29 is 9.53 Å². The molecule has 0 aliphatic heterocycles. The van der Waals surface area contributed by atoms with E-state index in [9.17, 15) is 4.79 Å². The molecule has 3 rings (SSSR count). The summed E-state index contributed by atoms with van der Waals surface area (Å²) >= 11 is 5.91. The first kappa shape index (κ1) is 26.7. The average molecular weight is 478 g/mol. The Morgan fingerprint density at radius 1 is 1.15 bits per heavy atom. The molecule has 0 aliphatic carbocycles. The molecule has 0 saturated heterocycles. The second kappa shape index (κ2) is 13.9. The normalized spacial score (nSPS) is 10.6. The van der Waals surface area contributed by atoms with Crippen LogP contribution in [-0.2, 0) is 6.54 Å². The van der Waals surface area contributed by atoms with Crippen molar-refractivity contribution in [2.75, 3.05) is 5.32 Å². The molecule has 5 nitrogen and oxygen atoms in total. The first-order valence-corrected chi connectivity index (χ1v) is 11.6. The number of amides is 1.